The topological polar surface area (TPSA) is 75.7 Å². The van der Waals surface area contributed by atoms with Crippen LogP contribution in [0.3, 0.4) is 0 Å². The summed E-state index contributed by atoms with van der Waals surface area (Å²) < 4.78 is 41.2. The van der Waals surface area contributed by atoms with Gasteiger partial charge in [-0.15, -0.1) is 0 Å². The van der Waals surface area contributed by atoms with Crippen molar-refractivity contribution in [2.75, 3.05) is 19.6 Å². The number of ether oxygens (including phenoxy) is 1. The van der Waals surface area contributed by atoms with Crippen molar-refractivity contribution in [2.45, 2.75) is 32.5 Å². The van der Waals surface area contributed by atoms with E-state index in [2.05, 4.69) is 0 Å². The summed E-state index contributed by atoms with van der Waals surface area (Å²) in [6, 6.07) is 0. The van der Waals surface area contributed by atoms with Crippen LogP contribution in [0, 0.1) is 5.92 Å². The lowest BCUT2D eigenvalue weighted by Crippen LogP contribution is -2.41. The largest absolute Gasteiger partial charge is 0.471 e. The van der Waals surface area contributed by atoms with Crippen LogP contribution in [0.4, 0.5) is 18.0 Å². The van der Waals surface area contributed by atoms with Crippen molar-refractivity contribution in [1.82, 2.24) is 10.2 Å². The molecule has 6 nitrogen and oxygen atoms in total. The van der Waals surface area contributed by atoms with E-state index in [-0.39, 0.29) is 13.1 Å². The normalized spacial score (nSPS) is 19.6. The number of alkyl halides is 3. The van der Waals surface area contributed by atoms with Crippen molar-refractivity contribution in [2.24, 2.45) is 5.92 Å². The SMILES string of the molecule is CC(C)(C)OC(=O)N1CC(=O)[C@@H](CNC(=O)C(F)(F)F)C1. The van der Waals surface area contributed by atoms with E-state index >= 15 is 0 Å². The van der Waals surface area contributed by atoms with Gasteiger partial charge in [-0.3, -0.25) is 9.59 Å². The molecule has 0 saturated carbocycles. The summed E-state index contributed by atoms with van der Waals surface area (Å²) in [5.74, 6) is -3.38. The average molecular weight is 310 g/mol. The van der Waals surface area contributed by atoms with Gasteiger partial charge in [0.2, 0.25) is 0 Å². The Kier molecular flexibility index (Phi) is 4.85. The molecule has 1 fully saturated rings. The van der Waals surface area contributed by atoms with Gasteiger partial charge in [-0.05, 0) is 20.8 Å². The van der Waals surface area contributed by atoms with Gasteiger partial charge in [-0.25, -0.2) is 4.79 Å². The van der Waals surface area contributed by atoms with Crippen LogP contribution in [0.2, 0.25) is 0 Å². The van der Waals surface area contributed by atoms with Crippen LogP contribution >= 0.6 is 0 Å². The second-order valence-corrected chi connectivity index (χ2v) is 5.73. The molecule has 1 heterocycles. The van der Waals surface area contributed by atoms with Gasteiger partial charge in [-0.1, -0.05) is 0 Å². The zero-order valence-corrected chi connectivity index (χ0v) is 11.9. The highest BCUT2D eigenvalue weighted by Crippen LogP contribution is 2.18. The summed E-state index contributed by atoms with van der Waals surface area (Å²) in [5, 5.41) is 1.64. The summed E-state index contributed by atoms with van der Waals surface area (Å²) in [4.78, 5) is 35.2. The molecule has 0 aromatic rings. The zero-order valence-electron chi connectivity index (χ0n) is 11.9. The molecule has 1 atom stereocenters. The highest BCUT2D eigenvalue weighted by Gasteiger charge is 2.41. The highest BCUT2D eigenvalue weighted by atomic mass is 19.4. The van der Waals surface area contributed by atoms with Gasteiger partial charge in [0.15, 0.2) is 5.78 Å². The maximum Gasteiger partial charge on any atom is 0.471 e. The molecule has 0 unspecified atom stereocenters. The summed E-state index contributed by atoms with van der Waals surface area (Å²) in [6.07, 6.45) is -5.70. The molecule has 1 N–H and O–H groups in total. The molecule has 21 heavy (non-hydrogen) atoms. The molecular weight excluding hydrogens is 293 g/mol. The molecule has 1 saturated heterocycles. The average Bonchev–Trinajstić information content (AvgIpc) is 2.64. The first-order valence-electron chi connectivity index (χ1n) is 6.26. The lowest BCUT2D eigenvalue weighted by molar-refractivity contribution is -0.173. The Morgan fingerprint density at radius 1 is 1.33 bits per heavy atom. The van der Waals surface area contributed by atoms with Gasteiger partial charge in [0, 0.05) is 13.1 Å². The van der Waals surface area contributed by atoms with Crippen LogP contribution in [0.5, 0.6) is 0 Å². The van der Waals surface area contributed by atoms with E-state index in [9.17, 15) is 27.6 Å². The minimum absolute atomic E-state index is 0.0775. The van der Waals surface area contributed by atoms with Crippen LogP contribution in [0.1, 0.15) is 20.8 Å². The Balaban J connectivity index is 2.52. The van der Waals surface area contributed by atoms with Crippen molar-refractivity contribution < 1.29 is 32.3 Å². The van der Waals surface area contributed by atoms with Gasteiger partial charge in [0.1, 0.15) is 5.60 Å². The minimum atomic E-state index is -4.99. The Morgan fingerprint density at radius 3 is 2.38 bits per heavy atom. The second-order valence-electron chi connectivity index (χ2n) is 5.73. The molecule has 9 heteroatoms. The third kappa shape index (κ3) is 5.24. The maximum atomic E-state index is 12.0. The van der Waals surface area contributed by atoms with Crippen molar-refractivity contribution in [1.29, 1.82) is 0 Å². The Bertz CT molecular complexity index is 443. The lowest BCUT2D eigenvalue weighted by Gasteiger charge is -2.24. The van der Waals surface area contributed by atoms with Crippen molar-refractivity contribution in [3.63, 3.8) is 0 Å². The fraction of sp³-hybridized carbons (Fsp3) is 0.750. The van der Waals surface area contributed by atoms with Crippen LogP contribution < -0.4 is 5.32 Å². The number of ketones is 1. The smallest absolute Gasteiger partial charge is 0.444 e. The van der Waals surface area contributed by atoms with Gasteiger partial charge >= 0.3 is 18.2 Å². The third-order valence-electron chi connectivity index (χ3n) is 2.66. The summed E-state index contributed by atoms with van der Waals surface area (Å²) >= 11 is 0. The van der Waals surface area contributed by atoms with Crippen LogP contribution in [0.15, 0.2) is 0 Å². The first-order valence-corrected chi connectivity index (χ1v) is 6.26. The van der Waals surface area contributed by atoms with Crippen molar-refractivity contribution in [3.8, 4) is 0 Å². The predicted octanol–water partition coefficient (Wildman–Crippen LogP) is 1.10. The molecule has 0 aromatic carbocycles. The number of rotatable bonds is 2. The molecule has 2 amide bonds. The number of hydrogen-bond acceptors (Lipinski definition) is 4. The standard InChI is InChI=1S/C12H17F3N2O4/c1-11(2,3)21-10(20)17-5-7(8(18)6-17)4-16-9(19)12(13,14)15/h7H,4-6H2,1-3H3,(H,16,19)/t7-/m0/s1. The maximum absolute atomic E-state index is 12.0. The Labute approximate surface area is 119 Å². The number of carbonyl (C=O) groups excluding carboxylic acids is 3. The van der Waals surface area contributed by atoms with E-state index in [0.29, 0.717) is 0 Å². The summed E-state index contributed by atoms with van der Waals surface area (Å²) in [5.41, 5.74) is -0.733. The van der Waals surface area contributed by atoms with Crippen LogP contribution in [-0.4, -0.2) is 54.1 Å². The van der Waals surface area contributed by atoms with Gasteiger partial charge in [0.25, 0.3) is 0 Å². The first-order chi connectivity index (χ1) is 9.40. The number of nitrogens with one attached hydrogen (secondary N) is 1. The van der Waals surface area contributed by atoms with Crippen LogP contribution in [-0.2, 0) is 14.3 Å². The number of Topliss-reactive ketones (excluding diaryl/α,β-unsaturated/α-hetero) is 1. The minimum Gasteiger partial charge on any atom is -0.444 e. The molecule has 0 bridgehead atoms. The van der Waals surface area contributed by atoms with Gasteiger partial charge < -0.3 is 15.0 Å². The Hall–Kier alpha value is -1.80. The molecule has 1 aliphatic heterocycles. The van der Waals surface area contributed by atoms with E-state index in [1.54, 1.807) is 26.1 Å². The fourth-order valence-electron chi connectivity index (χ4n) is 1.71. The molecule has 0 aromatic heterocycles. The molecule has 0 spiro atoms. The first kappa shape index (κ1) is 17.3. The molecular formula is C12H17F3N2O4. The number of carbonyl (C=O) groups is 3. The van der Waals surface area contributed by atoms with Crippen LogP contribution in [0.25, 0.3) is 0 Å². The number of likely N-dealkylation sites (tertiary alicyclic amines) is 1. The molecule has 120 valence electrons. The van der Waals surface area contributed by atoms with Gasteiger partial charge in [0.05, 0.1) is 12.5 Å². The number of halogens is 3. The quantitative estimate of drug-likeness (QED) is 0.829. The molecule has 0 aliphatic carbocycles. The number of nitrogens with zero attached hydrogens (tertiary/aromatic N) is 1. The second kappa shape index (κ2) is 5.90. The lowest BCUT2D eigenvalue weighted by atomic mass is 10.1. The monoisotopic (exact) mass is 310 g/mol. The summed E-state index contributed by atoms with van der Waals surface area (Å²) in [6.45, 7) is 4.20. The van der Waals surface area contributed by atoms with E-state index in [1.165, 1.54) is 0 Å². The van der Waals surface area contributed by atoms with Gasteiger partial charge in [-0.2, -0.15) is 13.2 Å². The zero-order chi connectivity index (χ0) is 16.4. The van der Waals surface area contributed by atoms with Crippen molar-refractivity contribution in [3.05, 3.63) is 0 Å². The van der Waals surface area contributed by atoms with E-state index in [1.807, 2.05) is 0 Å². The predicted molar refractivity (Wildman–Crippen MR) is 65.4 cm³/mol. The molecule has 0 radical (unpaired) electrons. The molecule has 1 rings (SSSR count). The van der Waals surface area contributed by atoms with Crippen molar-refractivity contribution >= 4 is 17.8 Å². The highest BCUT2D eigenvalue weighted by molar-refractivity contribution is 5.90. The summed E-state index contributed by atoms with van der Waals surface area (Å²) in [7, 11) is 0. The Morgan fingerprint density at radius 2 is 1.90 bits per heavy atom. The van der Waals surface area contributed by atoms with E-state index in [4.69, 9.17) is 4.74 Å². The molecule has 1 aliphatic rings. The van der Waals surface area contributed by atoms with E-state index in [0.717, 1.165) is 4.90 Å². The van der Waals surface area contributed by atoms with E-state index < -0.39 is 42.0 Å². The number of hydrogen-bond donors (Lipinski definition) is 1. The fourth-order valence-corrected chi connectivity index (χ4v) is 1.71. The third-order valence-corrected chi connectivity index (χ3v) is 2.66. The number of amides is 2.